The lowest BCUT2D eigenvalue weighted by Gasteiger charge is -2.00. The van der Waals surface area contributed by atoms with E-state index in [1.165, 1.54) is 0 Å². The molecular formula is C11H12N2O3S. The number of aryl methyl sites for hydroxylation is 1. The van der Waals surface area contributed by atoms with Crippen molar-refractivity contribution in [1.82, 2.24) is 9.29 Å². The first-order valence-electron chi connectivity index (χ1n) is 4.94. The van der Waals surface area contributed by atoms with Crippen molar-refractivity contribution >= 4 is 26.8 Å². The van der Waals surface area contributed by atoms with Crippen LogP contribution < -0.4 is 4.72 Å². The Kier molecular flexibility index (Phi) is 2.66. The van der Waals surface area contributed by atoms with Gasteiger partial charge in [0, 0.05) is 24.1 Å². The molecule has 2 aromatic rings. The van der Waals surface area contributed by atoms with Crippen LogP contribution in [0, 0.1) is 0 Å². The number of carbonyl (C=O) groups excluding carboxylic acids is 1. The van der Waals surface area contributed by atoms with Gasteiger partial charge in [-0.2, -0.15) is 0 Å². The molecule has 17 heavy (non-hydrogen) atoms. The van der Waals surface area contributed by atoms with Gasteiger partial charge in [-0.3, -0.25) is 4.79 Å². The Bertz CT molecular complexity index is 686. The van der Waals surface area contributed by atoms with Gasteiger partial charge < -0.3 is 4.57 Å². The van der Waals surface area contributed by atoms with E-state index in [1.54, 1.807) is 29.9 Å². The van der Waals surface area contributed by atoms with Crippen LogP contribution in [0.3, 0.4) is 0 Å². The van der Waals surface area contributed by atoms with Crippen LogP contribution in [0.5, 0.6) is 0 Å². The van der Waals surface area contributed by atoms with E-state index in [9.17, 15) is 13.2 Å². The van der Waals surface area contributed by atoms with Gasteiger partial charge in [0.2, 0.25) is 10.0 Å². The molecule has 1 N–H and O–H groups in total. The van der Waals surface area contributed by atoms with Crippen molar-refractivity contribution in [2.24, 2.45) is 7.05 Å². The van der Waals surface area contributed by atoms with Crippen LogP contribution >= 0.6 is 0 Å². The van der Waals surface area contributed by atoms with Gasteiger partial charge in [-0.25, -0.2) is 13.1 Å². The van der Waals surface area contributed by atoms with E-state index < -0.39 is 15.9 Å². The summed E-state index contributed by atoms with van der Waals surface area (Å²) in [7, 11) is -1.73. The van der Waals surface area contributed by atoms with Gasteiger partial charge in [-0.05, 0) is 6.07 Å². The van der Waals surface area contributed by atoms with Crippen molar-refractivity contribution in [3.05, 3.63) is 36.0 Å². The minimum Gasteiger partial charge on any atom is -0.350 e. The number of nitrogens with one attached hydrogen (secondary N) is 1. The Morgan fingerprint density at radius 2 is 1.94 bits per heavy atom. The highest BCUT2D eigenvalue weighted by atomic mass is 32.2. The number of rotatable bonds is 2. The number of fused-ring (bicyclic) bond motifs is 1. The van der Waals surface area contributed by atoms with Gasteiger partial charge in [0.1, 0.15) is 0 Å². The van der Waals surface area contributed by atoms with Gasteiger partial charge in [0.15, 0.2) is 0 Å². The molecule has 2 rings (SSSR count). The van der Waals surface area contributed by atoms with Crippen molar-refractivity contribution in [3.63, 3.8) is 0 Å². The number of amides is 1. The van der Waals surface area contributed by atoms with Crippen LogP contribution in [-0.2, 0) is 17.1 Å². The topological polar surface area (TPSA) is 68.2 Å². The molecule has 0 aliphatic carbocycles. The Morgan fingerprint density at radius 3 is 2.59 bits per heavy atom. The number of nitrogens with zero attached hydrogens (tertiary/aromatic N) is 1. The average molecular weight is 252 g/mol. The van der Waals surface area contributed by atoms with Crippen LogP contribution in [0.1, 0.15) is 10.4 Å². The van der Waals surface area contributed by atoms with Gasteiger partial charge in [-0.15, -0.1) is 0 Å². The average Bonchev–Trinajstić information content (AvgIpc) is 2.55. The second kappa shape index (κ2) is 3.89. The molecule has 0 aliphatic heterocycles. The number of hydrogen-bond acceptors (Lipinski definition) is 3. The summed E-state index contributed by atoms with van der Waals surface area (Å²) < 4.78 is 25.8. The molecule has 0 atom stereocenters. The van der Waals surface area contributed by atoms with Gasteiger partial charge in [-0.1, -0.05) is 18.2 Å². The smallest absolute Gasteiger partial charge is 0.266 e. The molecule has 0 saturated heterocycles. The highest BCUT2D eigenvalue weighted by molar-refractivity contribution is 7.89. The van der Waals surface area contributed by atoms with Crippen LogP contribution in [0.2, 0.25) is 0 Å². The fourth-order valence-corrected chi connectivity index (χ4v) is 2.19. The third-order valence-electron chi connectivity index (χ3n) is 2.42. The molecular weight excluding hydrogens is 240 g/mol. The van der Waals surface area contributed by atoms with Crippen molar-refractivity contribution < 1.29 is 13.2 Å². The van der Waals surface area contributed by atoms with E-state index in [2.05, 4.69) is 0 Å². The maximum atomic E-state index is 11.8. The largest absolute Gasteiger partial charge is 0.350 e. The van der Waals surface area contributed by atoms with Gasteiger partial charge in [0.05, 0.1) is 11.8 Å². The maximum absolute atomic E-state index is 11.8. The molecule has 0 fully saturated rings. The number of aromatic nitrogens is 1. The van der Waals surface area contributed by atoms with Crippen LogP contribution in [-0.4, -0.2) is 25.1 Å². The number of carbonyl (C=O) groups is 1. The minimum absolute atomic E-state index is 0.355. The Labute approximate surface area is 99.1 Å². The maximum Gasteiger partial charge on any atom is 0.266 e. The zero-order valence-electron chi connectivity index (χ0n) is 9.47. The van der Waals surface area contributed by atoms with Gasteiger partial charge in [0.25, 0.3) is 5.91 Å². The van der Waals surface area contributed by atoms with E-state index in [0.717, 1.165) is 17.2 Å². The van der Waals surface area contributed by atoms with Crippen molar-refractivity contribution in [1.29, 1.82) is 0 Å². The minimum atomic E-state index is -3.54. The summed E-state index contributed by atoms with van der Waals surface area (Å²) >= 11 is 0. The summed E-state index contributed by atoms with van der Waals surface area (Å²) in [4.78, 5) is 11.8. The monoisotopic (exact) mass is 252 g/mol. The predicted octanol–water partition coefficient (Wildman–Crippen LogP) is 0.868. The molecule has 0 unspecified atom stereocenters. The number of para-hydroxylation sites is 1. The Hall–Kier alpha value is -1.82. The highest BCUT2D eigenvalue weighted by Crippen LogP contribution is 2.20. The summed E-state index contributed by atoms with van der Waals surface area (Å²) in [6, 6.07) is 7.32. The summed E-state index contributed by atoms with van der Waals surface area (Å²) in [5, 5.41) is 0.733. The van der Waals surface area contributed by atoms with E-state index in [4.69, 9.17) is 0 Å². The quantitative estimate of drug-likeness (QED) is 0.862. The van der Waals surface area contributed by atoms with E-state index >= 15 is 0 Å². The molecule has 6 heteroatoms. The van der Waals surface area contributed by atoms with Crippen molar-refractivity contribution in [3.8, 4) is 0 Å². The normalized spacial score (nSPS) is 11.6. The molecule has 0 aliphatic rings. The molecule has 0 bridgehead atoms. The first kappa shape index (κ1) is 11.7. The molecule has 0 radical (unpaired) electrons. The van der Waals surface area contributed by atoms with E-state index in [1.807, 2.05) is 16.9 Å². The summed E-state index contributed by atoms with van der Waals surface area (Å²) in [6.07, 6.45) is 2.57. The van der Waals surface area contributed by atoms with Gasteiger partial charge >= 0.3 is 0 Å². The van der Waals surface area contributed by atoms with Crippen LogP contribution in [0.4, 0.5) is 0 Å². The second-order valence-electron chi connectivity index (χ2n) is 3.87. The first-order valence-corrected chi connectivity index (χ1v) is 6.84. The number of hydrogen-bond donors (Lipinski definition) is 1. The molecule has 1 aromatic carbocycles. The molecule has 0 saturated carbocycles. The number of benzene rings is 1. The molecule has 0 spiro atoms. The number of sulfonamides is 1. The summed E-state index contributed by atoms with van der Waals surface area (Å²) in [6.45, 7) is 0. The van der Waals surface area contributed by atoms with E-state index in [0.29, 0.717) is 5.56 Å². The zero-order valence-corrected chi connectivity index (χ0v) is 10.3. The lowest BCUT2D eigenvalue weighted by Crippen LogP contribution is -2.29. The summed E-state index contributed by atoms with van der Waals surface area (Å²) in [5.41, 5.74) is 1.24. The Balaban J connectivity index is 2.53. The highest BCUT2D eigenvalue weighted by Gasteiger charge is 2.16. The fraction of sp³-hybridized carbons (Fsp3) is 0.182. The molecule has 1 amide bonds. The van der Waals surface area contributed by atoms with E-state index in [-0.39, 0.29) is 0 Å². The third kappa shape index (κ3) is 2.31. The Morgan fingerprint density at radius 1 is 1.29 bits per heavy atom. The lowest BCUT2D eigenvalue weighted by molar-refractivity contribution is 0.0983. The molecule has 5 nitrogen and oxygen atoms in total. The van der Waals surface area contributed by atoms with Crippen molar-refractivity contribution in [2.75, 3.05) is 6.26 Å². The molecule has 90 valence electrons. The predicted molar refractivity (Wildman–Crippen MR) is 65.2 cm³/mol. The van der Waals surface area contributed by atoms with Crippen molar-refractivity contribution in [2.45, 2.75) is 0 Å². The van der Waals surface area contributed by atoms with Crippen LogP contribution in [0.25, 0.3) is 10.9 Å². The lowest BCUT2D eigenvalue weighted by atomic mass is 10.2. The fourth-order valence-electron chi connectivity index (χ4n) is 1.75. The third-order valence-corrected chi connectivity index (χ3v) is 2.98. The SMILES string of the molecule is Cn1cc(C(=O)NS(C)(=O)=O)c2ccccc21. The van der Waals surface area contributed by atoms with Crippen LogP contribution in [0.15, 0.2) is 30.5 Å². The second-order valence-corrected chi connectivity index (χ2v) is 5.62. The standard InChI is InChI=1S/C11H12N2O3S/c1-13-7-9(11(14)12-17(2,15)16)8-5-3-4-6-10(8)13/h3-7H,1-2H3,(H,12,14). The summed E-state index contributed by atoms with van der Waals surface area (Å²) in [5.74, 6) is -0.607. The molecule has 1 heterocycles. The zero-order chi connectivity index (χ0) is 12.6. The first-order chi connectivity index (χ1) is 7.88. The molecule has 1 aromatic heterocycles.